The largest absolute Gasteiger partial charge is 0.480 e. The molecule has 0 spiro atoms. The predicted molar refractivity (Wildman–Crippen MR) is 60.9 cm³/mol. The Morgan fingerprint density at radius 2 is 1.00 bits per heavy atom. The molecule has 0 bridgehead atoms. The molecule has 0 fully saturated rings. The van der Waals surface area contributed by atoms with E-state index in [0.717, 1.165) is 0 Å². The maximum atomic E-state index is 10.0. The zero-order chi connectivity index (χ0) is 13.5. The zero-order valence-corrected chi connectivity index (χ0v) is 11.4. The van der Waals surface area contributed by atoms with Gasteiger partial charge in [-0.05, 0) is 11.8 Å². The molecule has 0 heterocycles. The number of carbonyl (C=O) groups is 2. The van der Waals surface area contributed by atoms with Gasteiger partial charge in [0.1, 0.15) is 12.1 Å². The smallest absolute Gasteiger partial charge is 0.320 e. The number of nitrogens with two attached hydrogens (primary N) is 2. The van der Waals surface area contributed by atoms with Crippen molar-refractivity contribution in [3.05, 3.63) is 0 Å². The third-order valence-corrected chi connectivity index (χ3v) is 2.01. The second-order valence-electron chi connectivity index (χ2n) is 4.22. The van der Waals surface area contributed by atoms with Crippen molar-refractivity contribution in [2.75, 3.05) is 0 Å². The molecule has 0 aromatic carbocycles. The van der Waals surface area contributed by atoms with Gasteiger partial charge in [-0.3, -0.25) is 9.59 Å². The molecule has 6 N–H and O–H groups in total. The summed E-state index contributed by atoms with van der Waals surface area (Å²) < 4.78 is 0. The SMILES string of the molecule is CC(C)[C@H](N)C(=O)O.CC(C)[C@H](N)C(=O)O.[Cu]. The summed E-state index contributed by atoms with van der Waals surface area (Å²) in [5, 5.41) is 16.5. The molecule has 0 amide bonds. The van der Waals surface area contributed by atoms with E-state index in [1.165, 1.54) is 0 Å². The Balaban J connectivity index is -0.000000218. The topological polar surface area (TPSA) is 127 Å². The van der Waals surface area contributed by atoms with E-state index in [9.17, 15) is 9.59 Å². The summed E-state index contributed by atoms with van der Waals surface area (Å²) in [6.45, 7) is 7.11. The summed E-state index contributed by atoms with van der Waals surface area (Å²) in [6.07, 6.45) is 0. The molecule has 0 saturated heterocycles. The summed E-state index contributed by atoms with van der Waals surface area (Å²) in [5.41, 5.74) is 10.3. The summed E-state index contributed by atoms with van der Waals surface area (Å²) in [7, 11) is 0. The Morgan fingerprint density at radius 3 is 1.00 bits per heavy atom. The van der Waals surface area contributed by atoms with Crippen molar-refractivity contribution in [3.63, 3.8) is 0 Å². The van der Waals surface area contributed by atoms with Crippen LogP contribution < -0.4 is 11.5 Å². The molecule has 1 radical (unpaired) electrons. The molecule has 17 heavy (non-hydrogen) atoms. The first kappa shape index (κ1) is 21.6. The second-order valence-corrected chi connectivity index (χ2v) is 4.22. The molecule has 6 nitrogen and oxygen atoms in total. The van der Waals surface area contributed by atoms with Gasteiger partial charge in [-0.25, -0.2) is 0 Å². The maximum Gasteiger partial charge on any atom is 0.320 e. The van der Waals surface area contributed by atoms with Gasteiger partial charge in [0.2, 0.25) is 0 Å². The third kappa shape index (κ3) is 11.6. The average molecular weight is 298 g/mol. The van der Waals surface area contributed by atoms with Crippen LogP contribution in [-0.2, 0) is 26.7 Å². The molecule has 2 atom stereocenters. The molecular formula is C10H22CuN2O4. The minimum Gasteiger partial charge on any atom is -0.480 e. The molecule has 107 valence electrons. The van der Waals surface area contributed by atoms with Crippen LogP contribution in [-0.4, -0.2) is 34.2 Å². The Labute approximate surface area is 112 Å². The Kier molecular flexibility index (Phi) is 13.4. The Morgan fingerprint density at radius 1 is 0.824 bits per heavy atom. The van der Waals surface area contributed by atoms with Crippen molar-refractivity contribution in [2.24, 2.45) is 23.3 Å². The number of aliphatic carboxylic acids is 2. The summed E-state index contributed by atoms with van der Waals surface area (Å²) in [5.74, 6) is -1.82. The van der Waals surface area contributed by atoms with Crippen LogP contribution >= 0.6 is 0 Å². The van der Waals surface area contributed by atoms with Crippen LogP contribution in [0, 0.1) is 11.8 Å². The number of rotatable bonds is 4. The van der Waals surface area contributed by atoms with Crippen molar-refractivity contribution >= 4 is 11.9 Å². The number of carboxylic acids is 2. The number of carboxylic acid groups (broad SMARTS) is 2. The van der Waals surface area contributed by atoms with Crippen molar-refractivity contribution in [1.82, 2.24) is 0 Å². The van der Waals surface area contributed by atoms with Crippen LogP contribution in [0.3, 0.4) is 0 Å². The van der Waals surface area contributed by atoms with Gasteiger partial charge in [-0.15, -0.1) is 0 Å². The van der Waals surface area contributed by atoms with E-state index in [1.54, 1.807) is 27.7 Å². The fourth-order valence-corrected chi connectivity index (χ4v) is 0.570. The van der Waals surface area contributed by atoms with Crippen molar-refractivity contribution in [3.8, 4) is 0 Å². The molecule has 0 unspecified atom stereocenters. The van der Waals surface area contributed by atoms with Crippen molar-refractivity contribution in [1.29, 1.82) is 0 Å². The zero-order valence-electron chi connectivity index (χ0n) is 10.5. The average Bonchev–Trinajstić information content (AvgIpc) is 2.15. The van der Waals surface area contributed by atoms with Crippen LogP contribution in [0.5, 0.6) is 0 Å². The molecule has 0 aliphatic carbocycles. The number of hydrogen-bond acceptors (Lipinski definition) is 4. The van der Waals surface area contributed by atoms with Crippen LogP contribution in [0.15, 0.2) is 0 Å². The van der Waals surface area contributed by atoms with E-state index < -0.39 is 24.0 Å². The minimum absolute atomic E-state index is 0. The van der Waals surface area contributed by atoms with E-state index in [1.807, 2.05) is 0 Å². The van der Waals surface area contributed by atoms with E-state index in [0.29, 0.717) is 0 Å². The van der Waals surface area contributed by atoms with E-state index in [-0.39, 0.29) is 28.9 Å². The first-order valence-electron chi connectivity index (χ1n) is 5.08. The van der Waals surface area contributed by atoms with Crippen LogP contribution in [0.1, 0.15) is 27.7 Å². The van der Waals surface area contributed by atoms with E-state index in [4.69, 9.17) is 21.7 Å². The van der Waals surface area contributed by atoms with Gasteiger partial charge >= 0.3 is 11.9 Å². The van der Waals surface area contributed by atoms with Gasteiger partial charge in [0, 0.05) is 17.1 Å². The van der Waals surface area contributed by atoms with Gasteiger partial charge in [-0.2, -0.15) is 0 Å². The standard InChI is InChI=1S/2C5H11NO2.Cu/c2*1-3(2)4(6)5(7)8;/h2*3-4H,6H2,1-2H3,(H,7,8);/t2*4-;/m00./s1. The van der Waals surface area contributed by atoms with Gasteiger partial charge in [0.15, 0.2) is 0 Å². The van der Waals surface area contributed by atoms with Gasteiger partial charge < -0.3 is 21.7 Å². The second kappa shape index (κ2) is 10.5. The fraction of sp³-hybridized carbons (Fsp3) is 0.800. The van der Waals surface area contributed by atoms with E-state index in [2.05, 4.69) is 0 Å². The summed E-state index contributed by atoms with van der Waals surface area (Å²) in [4.78, 5) is 20.0. The maximum absolute atomic E-state index is 10.0. The third-order valence-electron chi connectivity index (χ3n) is 2.01. The molecule has 0 aromatic heterocycles. The first-order chi connectivity index (χ1) is 7.11. The van der Waals surface area contributed by atoms with Gasteiger partial charge in [-0.1, -0.05) is 27.7 Å². The quantitative estimate of drug-likeness (QED) is 0.545. The molecule has 7 heteroatoms. The van der Waals surface area contributed by atoms with Crippen LogP contribution in [0.4, 0.5) is 0 Å². The van der Waals surface area contributed by atoms with Crippen molar-refractivity contribution < 1.29 is 36.9 Å². The molecule has 0 aliphatic heterocycles. The van der Waals surface area contributed by atoms with Crippen LogP contribution in [0.2, 0.25) is 0 Å². The molecular weight excluding hydrogens is 276 g/mol. The van der Waals surface area contributed by atoms with Gasteiger partial charge in [0.05, 0.1) is 0 Å². The summed E-state index contributed by atoms with van der Waals surface area (Å²) in [6, 6.07) is -1.43. The Hall–Kier alpha value is -0.621. The van der Waals surface area contributed by atoms with E-state index >= 15 is 0 Å². The normalized spacial score (nSPS) is 13.2. The number of hydrogen-bond donors (Lipinski definition) is 4. The minimum atomic E-state index is -0.931. The molecule has 0 aliphatic rings. The molecule has 0 aromatic rings. The molecule has 0 saturated carbocycles. The first-order valence-corrected chi connectivity index (χ1v) is 5.08. The van der Waals surface area contributed by atoms with Crippen LogP contribution in [0.25, 0.3) is 0 Å². The predicted octanol–water partition coefficient (Wildman–Crippen LogP) is 0.106. The summed E-state index contributed by atoms with van der Waals surface area (Å²) >= 11 is 0. The Bertz CT molecular complexity index is 210. The van der Waals surface area contributed by atoms with Crippen molar-refractivity contribution in [2.45, 2.75) is 39.8 Å². The monoisotopic (exact) mass is 297 g/mol. The van der Waals surface area contributed by atoms with Gasteiger partial charge in [0.25, 0.3) is 0 Å². The fourth-order valence-electron chi connectivity index (χ4n) is 0.570. The molecule has 0 rings (SSSR count).